The Balaban J connectivity index is 2.18. The van der Waals surface area contributed by atoms with Crippen molar-refractivity contribution >= 4 is 5.97 Å². The highest BCUT2D eigenvalue weighted by Gasteiger charge is 2.23. The Morgan fingerprint density at radius 1 is 1.27 bits per heavy atom. The van der Waals surface area contributed by atoms with Gasteiger partial charge in [-0.3, -0.25) is 4.79 Å². The van der Waals surface area contributed by atoms with Gasteiger partial charge in [-0.25, -0.2) is 0 Å². The standard InChI is InChI=1S/C11H21NO3/c13-9-3-8-12(10-4-1-5-10)7-2-6-11(14)15/h10,13H,1-9H2,(H,14,15). The zero-order valence-electron chi connectivity index (χ0n) is 9.19. The number of nitrogens with zero attached hydrogens (tertiary/aromatic N) is 1. The summed E-state index contributed by atoms with van der Waals surface area (Å²) in [7, 11) is 0. The number of carboxylic acid groups (broad SMARTS) is 1. The molecule has 1 rings (SSSR count). The van der Waals surface area contributed by atoms with Gasteiger partial charge in [-0.1, -0.05) is 6.42 Å². The van der Waals surface area contributed by atoms with E-state index in [1.54, 1.807) is 0 Å². The van der Waals surface area contributed by atoms with E-state index in [1.165, 1.54) is 19.3 Å². The molecule has 0 atom stereocenters. The molecule has 0 aliphatic heterocycles. The summed E-state index contributed by atoms with van der Waals surface area (Å²) in [6.07, 6.45) is 5.53. The van der Waals surface area contributed by atoms with Crippen LogP contribution in [0.2, 0.25) is 0 Å². The third-order valence-corrected chi connectivity index (χ3v) is 3.03. The van der Waals surface area contributed by atoms with Crippen molar-refractivity contribution in [2.75, 3.05) is 19.7 Å². The molecule has 1 fully saturated rings. The monoisotopic (exact) mass is 215 g/mol. The molecule has 4 heteroatoms. The molecule has 88 valence electrons. The van der Waals surface area contributed by atoms with Gasteiger partial charge in [0.15, 0.2) is 0 Å². The normalized spacial score (nSPS) is 16.7. The Kier molecular flexibility index (Phi) is 5.65. The minimum absolute atomic E-state index is 0.224. The van der Waals surface area contributed by atoms with Gasteiger partial charge in [0.2, 0.25) is 0 Å². The molecule has 0 amide bonds. The Hall–Kier alpha value is -0.610. The maximum absolute atomic E-state index is 10.4. The minimum Gasteiger partial charge on any atom is -0.481 e. The number of aliphatic hydroxyl groups is 1. The van der Waals surface area contributed by atoms with Crippen molar-refractivity contribution in [3.63, 3.8) is 0 Å². The largest absolute Gasteiger partial charge is 0.481 e. The first-order valence-corrected chi connectivity index (χ1v) is 5.80. The average Bonchev–Trinajstić information content (AvgIpc) is 2.10. The van der Waals surface area contributed by atoms with E-state index in [4.69, 9.17) is 10.2 Å². The summed E-state index contributed by atoms with van der Waals surface area (Å²) in [6.45, 7) is 1.99. The van der Waals surface area contributed by atoms with Crippen molar-refractivity contribution in [1.82, 2.24) is 4.90 Å². The lowest BCUT2D eigenvalue weighted by molar-refractivity contribution is -0.137. The molecule has 15 heavy (non-hydrogen) atoms. The summed E-state index contributed by atoms with van der Waals surface area (Å²) in [5.74, 6) is -0.717. The van der Waals surface area contributed by atoms with Crippen molar-refractivity contribution in [3.05, 3.63) is 0 Å². The summed E-state index contributed by atoms with van der Waals surface area (Å²) < 4.78 is 0. The Bertz CT molecular complexity index is 192. The lowest BCUT2D eigenvalue weighted by atomic mass is 9.91. The van der Waals surface area contributed by atoms with Crippen LogP contribution in [-0.2, 0) is 4.79 Å². The molecule has 0 radical (unpaired) electrons. The van der Waals surface area contributed by atoms with Crippen LogP contribution in [0.25, 0.3) is 0 Å². The fourth-order valence-electron chi connectivity index (χ4n) is 1.94. The fraction of sp³-hybridized carbons (Fsp3) is 0.909. The lowest BCUT2D eigenvalue weighted by Gasteiger charge is -2.37. The highest BCUT2D eigenvalue weighted by molar-refractivity contribution is 5.66. The quantitative estimate of drug-likeness (QED) is 0.636. The summed E-state index contributed by atoms with van der Waals surface area (Å²) in [5, 5.41) is 17.3. The number of hydrogen-bond donors (Lipinski definition) is 2. The van der Waals surface area contributed by atoms with Crippen LogP contribution >= 0.6 is 0 Å². The van der Waals surface area contributed by atoms with Crippen LogP contribution in [-0.4, -0.2) is 46.8 Å². The molecule has 0 aromatic heterocycles. The topological polar surface area (TPSA) is 60.8 Å². The number of aliphatic hydroxyl groups excluding tert-OH is 1. The molecule has 0 aromatic rings. The first-order chi connectivity index (χ1) is 7.24. The van der Waals surface area contributed by atoms with E-state index in [1.807, 2.05) is 0 Å². The van der Waals surface area contributed by atoms with E-state index in [2.05, 4.69) is 4.90 Å². The van der Waals surface area contributed by atoms with Crippen LogP contribution in [0.3, 0.4) is 0 Å². The lowest BCUT2D eigenvalue weighted by Crippen LogP contribution is -2.41. The highest BCUT2D eigenvalue weighted by atomic mass is 16.4. The highest BCUT2D eigenvalue weighted by Crippen LogP contribution is 2.25. The molecule has 0 bridgehead atoms. The van der Waals surface area contributed by atoms with E-state index in [0.29, 0.717) is 6.04 Å². The van der Waals surface area contributed by atoms with Gasteiger partial charge >= 0.3 is 5.97 Å². The van der Waals surface area contributed by atoms with Gasteiger partial charge in [0.05, 0.1) is 0 Å². The Morgan fingerprint density at radius 3 is 2.40 bits per heavy atom. The number of carbonyl (C=O) groups is 1. The minimum atomic E-state index is -0.717. The van der Waals surface area contributed by atoms with Gasteiger partial charge in [-0.15, -0.1) is 0 Å². The molecule has 0 heterocycles. The summed E-state index contributed by atoms with van der Waals surface area (Å²) in [4.78, 5) is 12.7. The third kappa shape index (κ3) is 4.62. The number of rotatable bonds is 8. The van der Waals surface area contributed by atoms with E-state index in [9.17, 15) is 4.79 Å². The molecule has 2 N–H and O–H groups in total. The van der Waals surface area contributed by atoms with Gasteiger partial charge < -0.3 is 15.1 Å². The van der Waals surface area contributed by atoms with Gasteiger partial charge in [-0.05, 0) is 32.2 Å². The number of carboxylic acids is 1. The SMILES string of the molecule is O=C(O)CCCN(CCCO)C1CCC1. The number of hydrogen-bond acceptors (Lipinski definition) is 3. The van der Waals surface area contributed by atoms with Crippen LogP contribution in [0.15, 0.2) is 0 Å². The van der Waals surface area contributed by atoms with Gasteiger partial charge in [0.25, 0.3) is 0 Å². The second kappa shape index (κ2) is 6.80. The molecule has 0 aromatic carbocycles. The smallest absolute Gasteiger partial charge is 0.303 e. The second-order valence-corrected chi connectivity index (χ2v) is 4.20. The molecule has 0 saturated heterocycles. The molecule has 1 aliphatic carbocycles. The van der Waals surface area contributed by atoms with Gasteiger partial charge in [0, 0.05) is 25.6 Å². The van der Waals surface area contributed by atoms with Crippen molar-refractivity contribution in [2.24, 2.45) is 0 Å². The van der Waals surface area contributed by atoms with Gasteiger partial charge in [0.1, 0.15) is 0 Å². The van der Waals surface area contributed by atoms with Crippen LogP contribution < -0.4 is 0 Å². The maximum atomic E-state index is 10.4. The van der Waals surface area contributed by atoms with Crippen molar-refractivity contribution in [3.8, 4) is 0 Å². The van der Waals surface area contributed by atoms with E-state index in [0.717, 1.165) is 25.9 Å². The van der Waals surface area contributed by atoms with E-state index >= 15 is 0 Å². The summed E-state index contributed by atoms with van der Waals surface area (Å²) >= 11 is 0. The molecule has 0 unspecified atom stereocenters. The fourth-order valence-corrected chi connectivity index (χ4v) is 1.94. The summed E-state index contributed by atoms with van der Waals surface area (Å²) in [6, 6.07) is 0.644. The predicted molar refractivity (Wildman–Crippen MR) is 57.8 cm³/mol. The zero-order chi connectivity index (χ0) is 11.1. The molecule has 1 aliphatic rings. The third-order valence-electron chi connectivity index (χ3n) is 3.03. The second-order valence-electron chi connectivity index (χ2n) is 4.20. The average molecular weight is 215 g/mol. The molecule has 0 spiro atoms. The predicted octanol–water partition coefficient (Wildman–Crippen LogP) is 1.09. The van der Waals surface area contributed by atoms with E-state index < -0.39 is 5.97 Å². The van der Waals surface area contributed by atoms with Crippen LogP contribution in [0, 0.1) is 0 Å². The Morgan fingerprint density at radius 2 is 1.93 bits per heavy atom. The zero-order valence-corrected chi connectivity index (χ0v) is 9.19. The van der Waals surface area contributed by atoms with Crippen LogP contribution in [0.1, 0.15) is 38.5 Å². The first-order valence-electron chi connectivity index (χ1n) is 5.80. The first kappa shape index (κ1) is 12.5. The molecular weight excluding hydrogens is 194 g/mol. The molecular formula is C11H21NO3. The van der Waals surface area contributed by atoms with E-state index in [-0.39, 0.29) is 13.0 Å². The summed E-state index contributed by atoms with van der Waals surface area (Å²) in [5.41, 5.74) is 0. The molecule has 1 saturated carbocycles. The number of aliphatic carboxylic acids is 1. The Labute approximate surface area is 90.9 Å². The van der Waals surface area contributed by atoms with Crippen molar-refractivity contribution in [2.45, 2.75) is 44.6 Å². The maximum Gasteiger partial charge on any atom is 0.303 e. The molecule has 4 nitrogen and oxygen atoms in total. The van der Waals surface area contributed by atoms with Crippen LogP contribution in [0.4, 0.5) is 0 Å². The van der Waals surface area contributed by atoms with Crippen molar-refractivity contribution in [1.29, 1.82) is 0 Å². The van der Waals surface area contributed by atoms with Crippen molar-refractivity contribution < 1.29 is 15.0 Å². The van der Waals surface area contributed by atoms with Crippen LogP contribution in [0.5, 0.6) is 0 Å². The van der Waals surface area contributed by atoms with Gasteiger partial charge in [-0.2, -0.15) is 0 Å².